The van der Waals surface area contributed by atoms with Crippen molar-refractivity contribution in [3.05, 3.63) is 198 Å². The van der Waals surface area contributed by atoms with Crippen molar-refractivity contribution in [2.24, 2.45) is 0 Å². The third-order valence-electron chi connectivity index (χ3n) is 15.8. The maximum atomic E-state index is 4.05. The summed E-state index contributed by atoms with van der Waals surface area (Å²) in [7, 11) is 2.50. The minimum atomic E-state index is 0.0557. The largest absolute Gasteiger partial charge is 0.355 e. The number of anilines is 5. The van der Waals surface area contributed by atoms with Crippen LogP contribution in [-0.4, -0.2) is 7.28 Å². The summed E-state index contributed by atoms with van der Waals surface area (Å²) in [5.41, 5.74) is 24.0. The molecular formula is C64H62BN2. The molecule has 3 heteroatoms. The molecule has 1 N–H and O–H groups in total. The fourth-order valence-electron chi connectivity index (χ4n) is 11.4. The minimum Gasteiger partial charge on any atom is -0.355 e. The van der Waals surface area contributed by atoms with Gasteiger partial charge in [0.2, 0.25) is 0 Å². The minimum absolute atomic E-state index is 0.0557. The number of rotatable bonds is 7. The van der Waals surface area contributed by atoms with Crippen LogP contribution in [-0.2, 0) is 21.7 Å². The molecule has 0 spiro atoms. The Morgan fingerprint density at radius 1 is 0.388 bits per heavy atom. The molecule has 0 saturated carbocycles. The number of fused-ring (bicyclic) bond motifs is 4. The Balaban J connectivity index is 1.17. The van der Waals surface area contributed by atoms with Gasteiger partial charge in [-0.2, -0.15) is 0 Å². The summed E-state index contributed by atoms with van der Waals surface area (Å²) in [6, 6.07) is 65.9. The van der Waals surface area contributed by atoms with E-state index in [-0.39, 0.29) is 21.7 Å². The van der Waals surface area contributed by atoms with E-state index in [2.05, 4.69) is 249 Å². The second kappa shape index (κ2) is 16.0. The molecule has 331 valence electrons. The van der Waals surface area contributed by atoms with Crippen LogP contribution in [0.2, 0.25) is 0 Å². The lowest BCUT2D eigenvalue weighted by molar-refractivity contribution is 0.332. The van der Waals surface area contributed by atoms with Crippen LogP contribution in [0, 0.1) is 0 Å². The first-order valence-electron chi connectivity index (χ1n) is 24.5. The smallest absolute Gasteiger partial charge is 0.197 e. The van der Waals surface area contributed by atoms with Gasteiger partial charge in [-0.05, 0) is 169 Å². The molecule has 0 aromatic heterocycles. The van der Waals surface area contributed by atoms with E-state index < -0.39 is 0 Å². The summed E-state index contributed by atoms with van der Waals surface area (Å²) in [4.78, 5) is 2.56. The average molecular weight is 870 g/mol. The van der Waals surface area contributed by atoms with Gasteiger partial charge in [0.1, 0.15) is 0 Å². The van der Waals surface area contributed by atoms with Gasteiger partial charge in [-0.3, -0.25) is 0 Å². The van der Waals surface area contributed by atoms with Gasteiger partial charge in [-0.15, -0.1) is 0 Å². The van der Waals surface area contributed by atoms with Crippen LogP contribution in [0.1, 0.15) is 103 Å². The zero-order valence-corrected chi connectivity index (χ0v) is 40.6. The summed E-state index contributed by atoms with van der Waals surface area (Å²) in [6.45, 7) is 19.4. The van der Waals surface area contributed by atoms with Gasteiger partial charge in [0.05, 0.1) is 0 Å². The Labute approximate surface area is 400 Å². The highest BCUT2D eigenvalue weighted by atomic mass is 15.1. The topological polar surface area (TPSA) is 15.3 Å². The number of hydrogen-bond donors (Lipinski definition) is 1. The molecule has 1 radical (unpaired) electrons. The van der Waals surface area contributed by atoms with Gasteiger partial charge in [-0.1, -0.05) is 182 Å². The molecule has 11 rings (SSSR count). The zero-order valence-electron chi connectivity index (χ0n) is 40.6. The quantitative estimate of drug-likeness (QED) is 0.161. The highest BCUT2D eigenvalue weighted by molar-refractivity contribution is 6.73. The average Bonchev–Trinajstić information content (AvgIpc) is 3.34. The number of benzene rings is 8. The summed E-state index contributed by atoms with van der Waals surface area (Å²) in [5, 5.41) is 4.05. The van der Waals surface area contributed by atoms with Gasteiger partial charge in [0.25, 0.3) is 0 Å². The van der Waals surface area contributed by atoms with Crippen molar-refractivity contribution in [3.63, 3.8) is 0 Å². The molecule has 2 aliphatic carbocycles. The van der Waals surface area contributed by atoms with Gasteiger partial charge >= 0.3 is 0 Å². The lowest BCUT2D eigenvalue weighted by atomic mass is 9.55. The van der Waals surface area contributed by atoms with Crippen LogP contribution in [0.5, 0.6) is 0 Å². The molecule has 2 nitrogen and oxygen atoms in total. The first-order chi connectivity index (χ1) is 32.1. The van der Waals surface area contributed by atoms with Crippen LogP contribution in [0.4, 0.5) is 28.4 Å². The third-order valence-corrected chi connectivity index (χ3v) is 15.8. The van der Waals surface area contributed by atoms with Crippen molar-refractivity contribution in [1.29, 1.82) is 0 Å². The number of hydrogen-bond acceptors (Lipinski definition) is 2. The van der Waals surface area contributed by atoms with Crippen molar-refractivity contribution in [2.45, 2.75) is 103 Å². The lowest BCUT2D eigenvalue weighted by Crippen LogP contribution is -2.43. The first-order valence-corrected chi connectivity index (χ1v) is 24.5. The second-order valence-electron chi connectivity index (χ2n) is 22.2. The molecule has 0 atom stereocenters. The number of nitrogens with one attached hydrogen (secondary N) is 1. The third kappa shape index (κ3) is 7.71. The molecule has 0 unspecified atom stereocenters. The second-order valence-corrected chi connectivity index (χ2v) is 22.2. The van der Waals surface area contributed by atoms with E-state index in [1.54, 1.807) is 0 Å². The maximum absolute atomic E-state index is 4.05. The Kier molecular flexibility index (Phi) is 10.3. The summed E-state index contributed by atoms with van der Waals surface area (Å²) < 4.78 is 0. The van der Waals surface area contributed by atoms with Crippen molar-refractivity contribution in [1.82, 2.24) is 0 Å². The van der Waals surface area contributed by atoms with E-state index in [1.165, 1.54) is 102 Å². The molecule has 1 aliphatic heterocycles. The molecule has 8 aromatic carbocycles. The Morgan fingerprint density at radius 2 is 0.866 bits per heavy atom. The van der Waals surface area contributed by atoms with Crippen molar-refractivity contribution >= 4 is 46.6 Å². The predicted molar refractivity (Wildman–Crippen MR) is 288 cm³/mol. The van der Waals surface area contributed by atoms with Crippen LogP contribution < -0.4 is 21.1 Å². The Bertz CT molecular complexity index is 3160. The molecule has 67 heavy (non-hydrogen) atoms. The maximum Gasteiger partial charge on any atom is 0.197 e. The van der Waals surface area contributed by atoms with Crippen LogP contribution in [0.25, 0.3) is 44.5 Å². The summed E-state index contributed by atoms with van der Waals surface area (Å²) in [5.74, 6) is 0. The van der Waals surface area contributed by atoms with Crippen LogP contribution in [0.15, 0.2) is 176 Å². The Morgan fingerprint density at radius 3 is 1.46 bits per heavy atom. The fourth-order valence-corrected chi connectivity index (χ4v) is 11.4. The molecular weight excluding hydrogens is 808 g/mol. The Hall–Kier alpha value is -6.58. The molecule has 0 amide bonds. The van der Waals surface area contributed by atoms with Gasteiger partial charge in [0.15, 0.2) is 7.28 Å². The first kappa shape index (κ1) is 43.0. The molecule has 1 heterocycles. The van der Waals surface area contributed by atoms with E-state index in [0.29, 0.717) is 0 Å². The normalized spacial score (nSPS) is 17.0. The van der Waals surface area contributed by atoms with Crippen LogP contribution in [0.3, 0.4) is 0 Å². The SMILES string of the molecule is CC1(C)CCC(C)(C)c2cc(Nc3ccc(-c4ccccc4)cc3-c3cc(-c4ccccc4)cc4c3[B]c3cc5c(cc3N4c3ccc(-c4ccccc4)cc3)C(C)(C)CCC5(C)C)ccc21. The van der Waals surface area contributed by atoms with Gasteiger partial charge < -0.3 is 10.2 Å². The van der Waals surface area contributed by atoms with Crippen LogP contribution >= 0.6 is 0 Å². The molecule has 0 fully saturated rings. The van der Waals surface area contributed by atoms with E-state index in [1.807, 2.05) is 0 Å². The predicted octanol–water partition coefficient (Wildman–Crippen LogP) is 16.2. The van der Waals surface area contributed by atoms with Crippen molar-refractivity contribution < 1.29 is 0 Å². The van der Waals surface area contributed by atoms with Gasteiger partial charge in [-0.25, -0.2) is 0 Å². The van der Waals surface area contributed by atoms with E-state index in [9.17, 15) is 0 Å². The molecule has 0 saturated heterocycles. The summed E-state index contributed by atoms with van der Waals surface area (Å²) in [6.07, 6.45) is 4.69. The van der Waals surface area contributed by atoms with E-state index >= 15 is 0 Å². The highest BCUT2D eigenvalue weighted by Crippen LogP contribution is 2.50. The fraction of sp³-hybridized carbons (Fsp3) is 0.250. The highest BCUT2D eigenvalue weighted by Gasteiger charge is 2.40. The summed E-state index contributed by atoms with van der Waals surface area (Å²) >= 11 is 0. The number of nitrogens with zero attached hydrogens (tertiary/aromatic N) is 1. The molecule has 8 aromatic rings. The molecule has 0 bridgehead atoms. The molecule has 3 aliphatic rings. The van der Waals surface area contributed by atoms with Gasteiger partial charge in [0, 0.05) is 34.0 Å². The zero-order chi connectivity index (χ0) is 46.3. The lowest BCUT2D eigenvalue weighted by Gasteiger charge is -2.44. The van der Waals surface area contributed by atoms with E-state index in [0.717, 1.165) is 29.9 Å². The standard InChI is InChI=1S/C64H62BN2/c1-61(2)32-33-62(3,4)53-39-48(27-30-52(53)61)66-57-31-26-46(43-20-14-10-15-21-43)36-50(57)51-37-47(44-22-16-11-17-23-44)38-59-60(51)65-56-40-54-55(64(7,8)35-34-63(54,5)6)41-58(56)67(59)49-28-24-45(25-29-49)42-18-12-9-13-19-42/h9-31,36-41,66H,32-35H2,1-8H3. The van der Waals surface area contributed by atoms with E-state index in [4.69, 9.17) is 0 Å². The van der Waals surface area contributed by atoms with Crippen molar-refractivity contribution in [2.75, 3.05) is 10.2 Å². The monoisotopic (exact) mass is 870 g/mol. The van der Waals surface area contributed by atoms with Crippen molar-refractivity contribution in [3.8, 4) is 44.5 Å².